The fourth-order valence-electron chi connectivity index (χ4n) is 3.48. The molecule has 0 aliphatic carbocycles. The van der Waals surface area contributed by atoms with Crippen LogP contribution >= 0.6 is 0 Å². The van der Waals surface area contributed by atoms with Crippen molar-refractivity contribution in [2.24, 2.45) is 0 Å². The fraction of sp³-hybridized carbons (Fsp3) is 0.500. The molecule has 8 nitrogen and oxygen atoms in total. The number of ether oxygens (including phenoxy) is 1. The predicted octanol–water partition coefficient (Wildman–Crippen LogP) is 2.77. The molecule has 1 amide bonds. The molecule has 162 valence electrons. The van der Waals surface area contributed by atoms with E-state index < -0.39 is 0 Å². The number of benzene rings is 1. The quantitative estimate of drug-likeness (QED) is 0.655. The van der Waals surface area contributed by atoms with Gasteiger partial charge in [0.2, 0.25) is 5.95 Å². The minimum atomic E-state index is -0.100. The molecule has 2 aromatic rings. The van der Waals surface area contributed by atoms with E-state index in [9.17, 15) is 4.79 Å². The number of hydrogen-bond acceptors (Lipinski definition) is 7. The van der Waals surface area contributed by atoms with Crippen LogP contribution in [0, 0.1) is 0 Å². The second-order valence-electron chi connectivity index (χ2n) is 7.38. The van der Waals surface area contributed by atoms with Crippen molar-refractivity contribution >= 4 is 23.4 Å². The minimum Gasteiger partial charge on any atom is -0.490 e. The van der Waals surface area contributed by atoms with Crippen LogP contribution in [0.2, 0.25) is 0 Å². The third kappa shape index (κ3) is 4.99. The largest absolute Gasteiger partial charge is 0.490 e. The van der Waals surface area contributed by atoms with Crippen molar-refractivity contribution in [2.75, 3.05) is 55.4 Å². The third-order valence-electron chi connectivity index (χ3n) is 5.20. The van der Waals surface area contributed by atoms with Crippen LogP contribution < -0.4 is 25.2 Å². The molecule has 0 saturated carbocycles. The van der Waals surface area contributed by atoms with Crippen LogP contribution in [0.25, 0.3) is 0 Å². The van der Waals surface area contributed by atoms with Crippen LogP contribution in [0.1, 0.15) is 37.0 Å². The Balaban J connectivity index is 1.84. The van der Waals surface area contributed by atoms with Crippen molar-refractivity contribution in [2.45, 2.75) is 32.8 Å². The van der Waals surface area contributed by atoms with E-state index in [0.717, 1.165) is 37.4 Å². The molecule has 1 atom stereocenters. The standard InChI is InChI=1S/C22H32N6O2/c1-5-17(10-11-23-3)30-18-9-7-8-16(14-18)28-13-12-27(4)20-19(21(28)29)15-25-22(26-20)24-6-2/h7-9,14-15,17,23H,5-6,10-13H2,1-4H3,(H,24,25,26)/t17-/m1/s1. The van der Waals surface area contributed by atoms with Gasteiger partial charge in [-0.15, -0.1) is 0 Å². The highest BCUT2D eigenvalue weighted by Crippen LogP contribution is 2.29. The first-order valence-electron chi connectivity index (χ1n) is 10.6. The van der Waals surface area contributed by atoms with E-state index in [1.54, 1.807) is 11.1 Å². The zero-order chi connectivity index (χ0) is 21.5. The van der Waals surface area contributed by atoms with Crippen molar-refractivity contribution in [3.8, 4) is 5.75 Å². The molecule has 0 unspecified atom stereocenters. The summed E-state index contributed by atoms with van der Waals surface area (Å²) in [6.07, 6.45) is 3.61. The Kier molecular flexibility index (Phi) is 7.46. The average Bonchev–Trinajstić information content (AvgIpc) is 2.88. The monoisotopic (exact) mass is 412 g/mol. The molecule has 1 aliphatic heterocycles. The van der Waals surface area contributed by atoms with Crippen molar-refractivity contribution < 1.29 is 9.53 Å². The molecular formula is C22H32N6O2. The number of nitrogens with one attached hydrogen (secondary N) is 2. The van der Waals surface area contributed by atoms with E-state index >= 15 is 0 Å². The molecule has 1 aromatic carbocycles. The Bertz CT molecular complexity index is 859. The lowest BCUT2D eigenvalue weighted by atomic mass is 10.2. The molecule has 8 heteroatoms. The van der Waals surface area contributed by atoms with Gasteiger partial charge in [-0.1, -0.05) is 13.0 Å². The van der Waals surface area contributed by atoms with Crippen LogP contribution in [-0.2, 0) is 0 Å². The van der Waals surface area contributed by atoms with E-state index in [1.165, 1.54) is 0 Å². The number of nitrogens with zero attached hydrogens (tertiary/aromatic N) is 4. The molecular weight excluding hydrogens is 380 g/mol. The summed E-state index contributed by atoms with van der Waals surface area (Å²) in [4.78, 5) is 26.0. The van der Waals surface area contributed by atoms with E-state index in [1.807, 2.05) is 50.2 Å². The van der Waals surface area contributed by atoms with E-state index in [2.05, 4.69) is 27.5 Å². The fourth-order valence-corrected chi connectivity index (χ4v) is 3.48. The van der Waals surface area contributed by atoms with Gasteiger partial charge >= 0.3 is 0 Å². The summed E-state index contributed by atoms with van der Waals surface area (Å²) in [7, 11) is 3.89. The number of fused-ring (bicyclic) bond motifs is 1. The van der Waals surface area contributed by atoms with Gasteiger partial charge in [0.15, 0.2) is 0 Å². The van der Waals surface area contributed by atoms with Gasteiger partial charge in [-0.05, 0) is 45.5 Å². The maximum Gasteiger partial charge on any atom is 0.263 e. The van der Waals surface area contributed by atoms with Gasteiger partial charge in [0.25, 0.3) is 5.91 Å². The third-order valence-corrected chi connectivity index (χ3v) is 5.20. The van der Waals surface area contributed by atoms with Crippen LogP contribution in [-0.4, -0.2) is 62.3 Å². The van der Waals surface area contributed by atoms with Crippen molar-refractivity contribution in [1.82, 2.24) is 15.3 Å². The second-order valence-corrected chi connectivity index (χ2v) is 7.38. The number of aromatic nitrogens is 2. The predicted molar refractivity (Wildman–Crippen MR) is 121 cm³/mol. The van der Waals surface area contributed by atoms with Gasteiger partial charge in [-0.2, -0.15) is 4.98 Å². The van der Waals surface area contributed by atoms with Gasteiger partial charge in [-0.3, -0.25) is 4.79 Å². The Morgan fingerprint density at radius 3 is 2.83 bits per heavy atom. The van der Waals surface area contributed by atoms with E-state index in [4.69, 9.17) is 4.74 Å². The summed E-state index contributed by atoms with van der Waals surface area (Å²) in [5.41, 5.74) is 1.32. The lowest BCUT2D eigenvalue weighted by Crippen LogP contribution is -2.33. The summed E-state index contributed by atoms with van der Waals surface area (Å²) < 4.78 is 6.18. The van der Waals surface area contributed by atoms with Crippen LogP contribution in [0.3, 0.4) is 0 Å². The normalized spacial score (nSPS) is 14.9. The Morgan fingerprint density at radius 1 is 1.27 bits per heavy atom. The first-order valence-corrected chi connectivity index (χ1v) is 10.6. The molecule has 0 spiro atoms. The molecule has 0 saturated heterocycles. The zero-order valence-electron chi connectivity index (χ0n) is 18.3. The summed E-state index contributed by atoms with van der Waals surface area (Å²) >= 11 is 0. The number of hydrogen-bond donors (Lipinski definition) is 2. The van der Waals surface area contributed by atoms with Gasteiger partial charge < -0.3 is 25.2 Å². The highest BCUT2D eigenvalue weighted by atomic mass is 16.5. The first kappa shape index (κ1) is 21.8. The summed E-state index contributed by atoms with van der Waals surface area (Å²) in [5, 5.41) is 6.27. The number of amides is 1. The molecule has 30 heavy (non-hydrogen) atoms. The molecule has 2 N–H and O–H groups in total. The topological polar surface area (TPSA) is 82.6 Å². The second kappa shape index (κ2) is 10.2. The van der Waals surface area contributed by atoms with Crippen LogP contribution in [0.4, 0.5) is 17.5 Å². The van der Waals surface area contributed by atoms with Gasteiger partial charge in [0.1, 0.15) is 17.1 Å². The maximum atomic E-state index is 13.3. The minimum absolute atomic E-state index is 0.100. The number of carbonyl (C=O) groups is 1. The highest BCUT2D eigenvalue weighted by Gasteiger charge is 2.28. The van der Waals surface area contributed by atoms with Crippen LogP contribution in [0.15, 0.2) is 30.5 Å². The molecule has 0 radical (unpaired) electrons. The zero-order valence-corrected chi connectivity index (χ0v) is 18.3. The number of likely N-dealkylation sites (N-methyl/N-ethyl adjacent to an activating group) is 1. The Hall–Kier alpha value is -2.87. The average molecular weight is 413 g/mol. The van der Waals surface area contributed by atoms with E-state index in [0.29, 0.717) is 30.4 Å². The van der Waals surface area contributed by atoms with E-state index in [-0.39, 0.29) is 12.0 Å². The molecule has 0 bridgehead atoms. The smallest absolute Gasteiger partial charge is 0.263 e. The van der Waals surface area contributed by atoms with Crippen LogP contribution in [0.5, 0.6) is 5.75 Å². The lowest BCUT2D eigenvalue weighted by molar-refractivity contribution is 0.0989. The number of carbonyl (C=O) groups excluding carboxylic acids is 1. The van der Waals surface area contributed by atoms with Gasteiger partial charge in [-0.25, -0.2) is 4.98 Å². The summed E-state index contributed by atoms with van der Waals surface area (Å²) in [6.45, 7) is 6.97. The molecule has 1 aliphatic rings. The van der Waals surface area contributed by atoms with Crippen molar-refractivity contribution in [3.05, 3.63) is 36.0 Å². The first-order chi connectivity index (χ1) is 14.6. The molecule has 0 fully saturated rings. The highest BCUT2D eigenvalue weighted by molar-refractivity contribution is 6.09. The molecule has 1 aromatic heterocycles. The maximum absolute atomic E-state index is 13.3. The Labute approximate surface area is 178 Å². The number of rotatable bonds is 9. The van der Waals surface area contributed by atoms with Crippen molar-refractivity contribution in [3.63, 3.8) is 0 Å². The number of anilines is 3. The summed E-state index contributed by atoms with van der Waals surface area (Å²) in [6, 6.07) is 7.76. The molecule has 3 rings (SSSR count). The molecule has 2 heterocycles. The van der Waals surface area contributed by atoms with Crippen molar-refractivity contribution in [1.29, 1.82) is 0 Å². The summed E-state index contributed by atoms with van der Waals surface area (Å²) in [5.74, 6) is 1.86. The van der Waals surface area contributed by atoms with Gasteiger partial charge in [0.05, 0.1) is 6.10 Å². The lowest BCUT2D eigenvalue weighted by Gasteiger charge is -2.23. The Morgan fingerprint density at radius 2 is 2.10 bits per heavy atom. The van der Waals surface area contributed by atoms with Gasteiger partial charge in [0, 0.05) is 44.6 Å². The SMILES string of the molecule is CCNc1ncc2c(n1)N(C)CCN(c1cccc(O[C@H](CC)CCNC)c1)C2=O.